The molecule has 0 amide bonds. The summed E-state index contributed by atoms with van der Waals surface area (Å²) >= 11 is 3.36. The summed E-state index contributed by atoms with van der Waals surface area (Å²) in [4.78, 5) is 0. The zero-order chi connectivity index (χ0) is 13.7. The second-order valence-electron chi connectivity index (χ2n) is 4.09. The van der Waals surface area contributed by atoms with Crippen molar-refractivity contribution < 1.29 is 14.9 Å². The van der Waals surface area contributed by atoms with Crippen molar-refractivity contribution in [1.82, 2.24) is 0 Å². The molecular formula is C15H15BrO3. The van der Waals surface area contributed by atoms with Gasteiger partial charge in [0.15, 0.2) is 0 Å². The van der Waals surface area contributed by atoms with Gasteiger partial charge in [-0.2, -0.15) is 0 Å². The smallest absolute Gasteiger partial charge is 0.133 e. The molecule has 2 aromatic carbocycles. The molecule has 2 rings (SSSR count). The minimum absolute atomic E-state index is 0.0770. The Labute approximate surface area is 120 Å². The van der Waals surface area contributed by atoms with Crippen LogP contribution in [0.5, 0.6) is 11.5 Å². The van der Waals surface area contributed by atoms with E-state index in [1.165, 1.54) is 0 Å². The normalized spacial score (nSPS) is 10.5. The fourth-order valence-electron chi connectivity index (χ4n) is 1.82. The van der Waals surface area contributed by atoms with E-state index in [1.807, 2.05) is 42.5 Å². The van der Waals surface area contributed by atoms with Gasteiger partial charge >= 0.3 is 0 Å². The van der Waals surface area contributed by atoms with E-state index in [2.05, 4.69) is 15.9 Å². The Balaban J connectivity index is 2.30. The van der Waals surface area contributed by atoms with Gasteiger partial charge in [0.25, 0.3) is 0 Å². The number of aliphatic hydroxyl groups is 2. The van der Waals surface area contributed by atoms with Crippen molar-refractivity contribution in [3.8, 4) is 11.5 Å². The van der Waals surface area contributed by atoms with Crippen LogP contribution in [0, 0.1) is 0 Å². The van der Waals surface area contributed by atoms with E-state index in [0.717, 1.165) is 10.0 Å². The number of hydrogen-bond acceptors (Lipinski definition) is 3. The maximum atomic E-state index is 9.35. The first-order valence-corrected chi connectivity index (χ1v) is 6.80. The van der Waals surface area contributed by atoms with Crippen LogP contribution < -0.4 is 4.74 Å². The summed E-state index contributed by atoms with van der Waals surface area (Å²) in [7, 11) is 0. The van der Waals surface area contributed by atoms with Crippen LogP contribution in [0.1, 0.15) is 11.1 Å². The number of halogens is 1. The molecule has 0 aliphatic heterocycles. The highest BCUT2D eigenvalue weighted by Crippen LogP contribution is 2.30. The summed E-state index contributed by atoms with van der Waals surface area (Å²) in [5.41, 5.74) is 1.66. The molecule has 0 saturated heterocycles. The molecule has 0 saturated carbocycles. The summed E-state index contributed by atoms with van der Waals surface area (Å²) in [6.07, 6.45) is 0.543. The van der Waals surface area contributed by atoms with Gasteiger partial charge in [-0.25, -0.2) is 0 Å². The Hall–Kier alpha value is -1.36. The van der Waals surface area contributed by atoms with Crippen LogP contribution in [-0.2, 0) is 13.0 Å². The highest BCUT2D eigenvalue weighted by Gasteiger charge is 2.08. The summed E-state index contributed by atoms with van der Waals surface area (Å²) in [6.45, 7) is -0.00942. The van der Waals surface area contributed by atoms with Crippen LogP contribution in [0.25, 0.3) is 0 Å². The van der Waals surface area contributed by atoms with Gasteiger partial charge in [-0.1, -0.05) is 34.1 Å². The first-order valence-electron chi connectivity index (χ1n) is 6.00. The van der Waals surface area contributed by atoms with Crippen molar-refractivity contribution in [2.24, 2.45) is 0 Å². The van der Waals surface area contributed by atoms with E-state index in [-0.39, 0.29) is 13.2 Å². The maximum Gasteiger partial charge on any atom is 0.133 e. The number of benzene rings is 2. The summed E-state index contributed by atoms with van der Waals surface area (Å²) in [5, 5.41) is 18.4. The van der Waals surface area contributed by atoms with Crippen molar-refractivity contribution >= 4 is 15.9 Å². The fourth-order valence-corrected chi connectivity index (χ4v) is 2.23. The molecule has 0 fully saturated rings. The van der Waals surface area contributed by atoms with Gasteiger partial charge in [-0.3, -0.25) is 0 Å². The average Bonchev–Trinajstić information content (AvgIpc) is 2.43. The van der Waals surface area contributed by atoms with Gasteiger partial charge in [0.2, 0.25) is 0 Å². The molecule has 2 N–H and O–H groups in total. The Morgan fingerprint density at radius 1 is 0.947 bits per heavy atom. The Bertz CT molecular complexity index is 555. The van der Waals surface area contributed by atoms with Crippen molar-refractivity contribution in [3.05, 3.63) is 58.1 Å². The SMILES string of the molecule is OCCc1ccccc1Oc1ccc(Br)cc1CO. The van der Waals surface area contributed by atoms with Gasteiger partial charge in [-0.15, -0.1) is 0 Å². The molecule has 2 aromatic rings. The van der Waals surface area contributed by atoms with Crippen LogP contribution >= 0.6 is 15.9 Å². The second kappa shape index (κ2) is 6.70. The molecular weight excluding hydrogens is 308 g/mol. The number of ether oxygens (including phenoxy) is 1. The molecule has 0 bridgehead atoms. The van der Waals surface area contributed by atoms with E-state index in [0.29, 0.717) is 23.5 Å². The van der Waals surface area contributed by atoms with Crippen LogP contribution in [0.15, 0.2) is 46.9 Å². The summed E-state index contributed by atoms with van der Waals surface area (Å²) < 4.78 is 6.74. The van der Waals surface area contributed by atoms with Crippen molar-refractivity contribution in [2.75, 3.05) is 6.61 Å². The minimum atomic E-state index is -0.0864. The van der Waals surface area contributed by atoms with Gasteiger partial charge in [0, 0.05) is 16.6 Å². The lowest BCUT2D eigenvalue weighted by Crippen LogP contribution is -1.97. The number of rotatable bonds is 5. The van der Waals surface area contributed by atoms with E-state index in [4.69, 9.17) is 9.84 Å². The van der Waals surface area contributed by atoms with Crippen LogP contribution in [0.2, 0.25) is 0 Å². The molecule has 100 valence electrons. The van der Waals surface area contributed by atoms with Crippen molar-refractivity contribution in [1.29, 1.82) is 0 Å². The fraction of sp³-hybridized carbons (Fsp3) is 0.200. The van der Waals surface area contributed by atoms with Crippen LogP contribution in [0.3, 0.4) is 0 Å². The standard InChI is InChI=1S/C15H15BrO3/c16-13-5-6-15(12(9-13)10-18)19-14-4-2-1-3-11(14)7-8-17/h1-6,9,17-18H,7-8,10H2. The Morgan fingerprint density at radius 2 is 1.68 bits per heavy atom. The molecule has 0 heterocycles. The highest BCUT2D eigenvalue weighted by atomic mass is 79.9. The Kier molecular flexibility index (Phi) is 4.96. The molecule has 4 heteroatoms. The molecule has 19 heavy (non-hydrogen) atoms. The lowest BCUT2D eigenvalue weighted by atomic mass is 10.1. The van der Waals surface area contributed by atoms with Crippen molar-refractivity contribution in [3.63, 3.8) is 0 Å². The van der Waals surface area contributed by atoms with Crippen molar-refractivity contribution in [2.45, 2.75) is 13.0 Å². The zero-order valence-electron chi connectivity index (χ0n) is 10.3. The lowest BCUT2D eigenvalue weighted by molar-refractivity contribution is 0.276. The molecule has 0 unspecified atom stereocenters. The van der Waals surface area contributed by atoms with Crippen LogP contribution in [-0.4, -0.2) is 16.8 Å². The predicted octanol–water partition coefficient (Wildman–Crippen LogP) is 3.27. The monoisotopic (exact) mass is 322 g/mol. The first kappa shape index (κ1) is 14.1. The van der Waals surface area contributed by atoms with Gasteiger partial charge in [0.1, 0.15) is 11.5 Å². The van der Waals surface area contributed by atoms with E-state index in [9.17, 15) is 5.11 Å². The maximum absolute atomic E-state index is 9.35. The number of para-hydroxylation sites is 1. The van der Waals surface area contributed by atoms with Gasteiger partial charge < -0.3 is 14.9 Å². The largest absolute Gasteiger partial charge is 0.457 e. The van der Waals surface area contributed by atoms with Crippen LogP contribution in [0.4, 0.5) is 0 Å². The second-order valence-corrected chi connectivity index (χ2v) is 5.01. The molecule has 0 aliphatic rings. The average molecular weight is 323 g/mol. The highest BCUT2D eigenvalue weighted by molar-refractivity contribution is 9.10. The third-order valence-corrected chi connectivity index (χ3v) is 3.26. The summed E-state index contributed by atoms with van der Waals surface area (Å²) in [5.74, 6) is 1.32. The number of hydrogen-bond donors (Lipinski definition) is 2. The third kappa shape index (κ3) is 3.56. The van der Waals surface area contributed by atoms with E-state index >= 15 is 0 Å². The molecule has 0 aromatic heterocycles. The zero-order valence-corrected chi connectivity index (χ0v) is 11.9. The molecule has 0 aliphatic carbocycles. The first-order chi connectivity index (χ1) is 9.24. The van der Waals surface area contributed by atoms with Gasteiger partial charge in [0.05, 0.1) is 6.61 Å². The quantitative estimate of drug-likeness (QED) is 0.888. The predicted molar refractivity (Wildman–Crippen MR) is 77.4 cm³/mol. The Morgan fingerprint density at radius 3 is 2.42 bits per heavy atom. The molecule has 0 atom stereocenters. The van der Waals surface area contributed by atoms with E-state index in [1.54, 1.807) is 0 Å². The summed E-state index contributed by atoms with van der Waals surface area (Å²) in [6, 6.07) is 13.1. The minimum Gasteiger partial charge on any atom is -0.457 e. The molecule has 0 radical (unpaired) electrons. The third-order valence-electron chi connectivity index (χ3n) is 2.77. The molecule has 3 nitrogen and oxygen atoms in total. The lowest BCUT2D eigenvalue weighted by Gasteiger charge is -2.13. The number of aliphatic hydroxyl groups excluding tert-OH is 2. The van der Waals surface area contributed by atoms with E-state index < -0.39 is 0 Å². The molecule has 0 spiro atoms. The topological polar surface area (TPSA) is 49.7 Å². The van der Waals surface area contributed by atoms with Gasteiger partial charge in [-0.05, 0) is 36.2 Å².